The Labute approximate surface area is 348 Å². The Morgan fingerprint density at radius 1 is 1.03 bits per heavy atom. The SMILES string of the molecule is CCOC(=O)CCCCCCN1CCC[C@@](C)(COc2nc(N3CC4CCC(C3)N4C(=O)OC(C)(C)C)c3cc(Cl)c(-c4nc(N)cc(C)c4C(F)(F)F)c(F)c3n2)C1. The predicted molar refractivity (Wildman–Crippen MR) is 218 cm³/mol. The van der Waals surface area contributed by atoms with E-state index in [2.05, 4.69) is 21.8 Å². The van der Waals surface area contributed by atoms with Crippen molar-refractivity contribution in [3.05, 3.63) is 34.1 Å². The summed E-state index contributed by atoms with van der Waals surface area (Å²) in [6.07, 6.45) is 2.11. The van der Waals surface area contributed by atoms with Crippen LogP contribution < -0.4 is 15.4 Å². The van der Waals surface area contributed by atoms with Crippen molar-refractivity contribution in [2.45, 2.75) is 123 Å². The highest BCUT2D eigenvalue weighted by atomic mass is 35.5. The number of unbranched alkanes of at least 4 members (excludes halogenated alkanes) is 3. The summed E-state index contributed by atoms with van der Waals surface area (Å²) >= 11 is 6.71. The molecule has 0 aliphatic carbocycles. The first-order valence-corrected chi connectivity index (χ1v) is 21.0. The normalized spacial score (nSPS) is 21.3. The molecule has 1 amide bonds. The number of amides is 1. The number of piperidine rings is 1. The third kappa shape index (κ3) is 10.4. The number of aryl methyl sites for hydroxylation is 1. The smallest absolute Gasteiger partial charge is 0.418 e. The number of pyridine rings is 1. The van der Waals surface area contributed by atoms with Crippen LogP contribution in [0.15, 0.2) is 12.1 Å². The van der Waals surface area contributed by atoms with Gasteiger partial charge in [-0.05, 0) is 104 Å². The fourth-order valence-electron chi connectivity index (χ4n) is 8.77. The average Bonchev–Trinajstić information content (AvgIpc) is 3.40. The first kappa shape index (κ1) is 44.4. The molecular formula is C42H56ClF4N7O5. The number of carbonyl (C=O) groups excluding carboxylic acids is 2. The van der Waals surface area contributed by atoms with Gasteiger partial charge in [-0.3, -0.25) is 9.69 Å². The number of hydrogen-bond acceptors (Lipinski definition) is 11. The van der Waals surface area contributed by atoms with Crippen molar-refractivity contribution in [3.63, 3.8) is 0 Å². The van der Waals surface area contributed by atoms with E-state index in [9.17, 15) is 22.8 Å². The molecule has 5 heterocycles. The minimum atomic E-state index is -4.89. The molecular weight excluding hydrogens is 794 g/mol. The number of carbonyl (C=O) groups is 2. The van der Waals surface area contributed by atoms with Gasteiger partial charge in [0.2, 0.25) is 0 Å². The number of esters is 1. The van der Waals surface area contributed by atoms with Crippen LogP contribution in [0.2, 0.25) is 5.02 Å². The lowest BCUT2D eigenvalue weighted by molar-refractivity contribution is -0.143. The van der Waals surface area contributed by atoms with Crippen LogP contribution in [0.5, 0.6) is 6.01 Å². The maximum Gasteiger partial charge on any atom is 0.418 e. The van der Waals surface area contributed by atoms with Crippen LogP contribution in [0.25, 0.3) is 22.2 Å². The number of benzene rings is 1. The molecule has 3 atom stereocenters. The summed E-state index contributed by atoms with van der Waals surface area (Å²) in [7, 11) is 0. The monoisotopic (exact) mass is 849 g/mol. The number of nitrogen functional groups attached to an aromatic ring is 1. The molecule has 3 aliphatic heterocycles. The molecule has 6 rings (SSSR count). The van der Waals surface area contributed by atoms with E-state index in [0.717, 1.165) is 77.1 Å². The standard InChI is InChI=1S/C42H56ClF4N7O5/c1-7-57-31(55)13-10-8-9-11-17-52-18-12-16-41(6,23-52)24-58-38-50-35-28(20-29(43)32(34(35)44)36-33(42(45,46)47)25(2)19-30(48)49-36)37(51-38)53-21-26-14-15-27(22-53)54(26)39(56)59-40(3,4)5/h19-20,26-27H,7-18,21-24H2,1-6H3,(H2,48,49)/t26?,27?,41-/m1/s1. The quantitative estimate of drug-likeness (QED) is 0.100. The van der Waals surface area contributed by atoms with Crippen molar-refractivity contribution in [2.75, 3.05) is 56.6 Å². The number of fused-ring (bicyclic) bond motifs is 3. The Morgan fingerprint density at radius 3 is 2.39 bits per heavy atom. The first-order valence-electron chi connectivity index (χ1n) is 20.6. The second-order valence-corrected chi connectivity index (χ2v) is 17.9. The van der Waals surface area contributed by atoms with E-state index in [4.69, 9.17) is 36.5 Å². The van der Waals surface area contributed by atoms with Crippen molar-refractivity contribution in [1.82, 2.24) is 24.8 Å². The predicted octanol–water partition coefficient (Wildman–Crippen LogP) is 8.98. The van der Waals surface area contributed by atoms with Gasteiger partial charge in [0, 0.05) is 36.9 Å². The van der Waals surface area contributed by atoms with Gasteiger partial charge < -0.3 is 29.7 Å². The van der Waals surface area contributed by atoms with Gasteiger partial charge in [0.15, 0.2) is 5.82 Å². The summed E-state index contributed by atoms with van der Waals surface area (Å²) in [5.74, 6) is -1.21. The maximum absolute atomic E-state index is 17.1. The summed E-state index contributed by atoms with van der Waals surface area (Å²) in [5.41, 5.74) is 1.95. The van der Waals surface area contributed by atoms with Crippen molar-refractivity contribution in [2.24, 2.45) is 5.41 Å². The number of nitrogens with zero attached hydrogens (tertiary/aromatic N) is 6. The molecule has 3 aliphatic rings. The van der Waals surface area contributed by atoms with Gasteiger partial charge in [-0.15, -0.1) is 0 Å². The molecule has 324 valence electrons. The molecule has 12 nitrogen and oxygen atoms in total. The van der Waals surface area contributed by atoms with E-state index < -0.39 is 40.5 Å². The van der Waals surface area contributed by atoms with Crippen LogP contribution in [0.3, 0.4) is 0 Å². The number of anilines is 2. The average molecular weight is 850 g/mol. The van der Waals surface area contributed by atoms with Crippen molar-refractivity contribution >= 4 is 46.2 Å². The van der Waals surface area contributed by atoms with Crippen molar-refractivity contribution < 1.29 is 41.4 Å². The number of halogens is 5. The third-order valence-corrected chi connectivity index (χ3v) is 11.6. The van der Waals surface area contributed by atoms with Gasteiger partial charge in [-0.1, -0.05) is 31.4 Å². The first-order chi connectivity index (χ1) is 27.8. The Balaban J connectivity index is 1.30. The molecule has 3 aromatic rings. The Hall–Kier alpha value is -4.18. The summed E-state index contributed by atoms with van der Waals surface area (Å²) in [6.45, 7) is 14.5. The third-order valence-electron chi connectivity index (χ3n) is 11.3. The maximum atomic E-state index is 17.1. The second kappa shape index (κ2) is 17.8. The molecule has 0 radical (unpaired) electrons. The van der Waals surface area contributed by atoms with Crippen LogP contribution in [-0.2, 0) is 20.4 Å². The molecule has 2 unspecified atom stereocenters. The molecule has 2 bridgehead atoms. The molecule has 0 saturated carbocycles. The largest absolute Gasteiger partial charge is 0.466 e. The Kier molecular flexibility index (Phi) is 13.4. The van der Waals surface area contributed by atoms with Crippen LogP contribution in [-0.4, -0.2) is 100 Å². The number of nitrogens with two attached hydrogens (primary N) is 1. The number of likely N-dealkylation sites (tertiary alicyclic amines) is 1. The molecule has 2 aromatic heterocycles. The summed E-state index contributed by atoms with van der Waals surface area (Å²) in [5, 5.41) is -0.138. The molecule has 3 saturated heterocycles. The van der Waals surface area contributed by atoms with Crippen LogP contribution in [0, 0.1) is 18.2 Å². The lowest BCUT2D eigenvalue weighted by Crippen LogP contribution is -2.57. The topological polar surface area (TPSA) is 136 Å². The Morgan fingerprint density at radius 2 is 1.73 bits per heavy atom. The van der Waals surface area contributed by atoms with E-state index in [-0.39, 0.29) is 63.4 Å². The minimum absolute atomic E-state index is 0.130. The lowest BCUT2D eigenvalue weighted by Gasteiger charge is -2.42. The highest BCUT2D eigenvalue weighted by Crippen LogP contribution is 2.45. The van der Waals surface area contributed by atoms with E-state index in [0.29, 0.717) is 31.9 Å². The van der Waals surface area contributed by atoms with E-state index in [1.54, 1.807) is 11.8 Å². The number of alkyl halides is 3. The fourth-order valence-corrected chi connectivity index (χ4v) is 9.06. The molecule has 17 heteroatoms. The summed E-state index contributed by atoms with van der Waals surface area (Å²) in [6, 6.07) is 1.87. The van der Waals surface area contributed by atoms with Gasteiger partial charge in [-0.2, -0.15) is 23.1 Å². The highest BCUT2D eigenvalue weighted by Gasteiger charge is 2.45. The van der Waals surface area contributed by atoms with Gasteiger partial charge in [0.05, 0.1) is 47.1 Å². The summed E-state index contributed by atoms with van der Waals surface area (Å²) < 4.78 is 77.6. The number of rotatable bonds is 13. The number of piperazine rings is 1. The zero-order chi connectivity index (χ0) is 42.9. The zero-order valence-electron chi connectivity index (χ0n) is 34.8. The van der Waals surface area contributed by atoms with Gasteiger partial charge in [-0.25, -0.2) is 14.2 Å². The van der Waals surface area contributed by atoms with E-state index in [1.165, 1.54) is 13.0 Å². The van der Waals surface area contributed by atoms with Gasteiger partial charge >= 0.3 is 24.2 Å². The molecule has 0 spiro atoms. The molecule has 3 fully saturated rings. The fraction of sp³-hybridized carbons (Fsp3) is 0.643. The lowest BCUT2D eigenvalue weighted by atomic mass is 9.82. The number of ether oxygens (including phenoxy) is 3. The molecule has 59 heavy (non-hydrogen) atoms. The van der Waals surface area contributed by atoms with Crippen LogP contribution >= 0.6 is 11.6 Å². The van der Waals surface area contributed by atoms with Gasteiger partial charge in [0.25, 0.3) is 0 Å². The molecule has 2 N–H and O–H groups in total. The highest BCUT2D eigenvalue weighted by molar-refractivity contribution is 6.34. The summed E-state index contributed by atoms with van der Waals surface area (Å²) in [4.78, 5) is 44.3. The molecule has 1 aromatic carbocycles. The minimum Gasteiger partial charge on any atom is -0.466 e. The van der Waals surface area contributed by atoms with E-state index >= 15 is 4.39 Å². The number of aromatic nitrogens is 3. The second-order valence-electron chi connectivity index (χ2n) is 17.5. The van der Waals surface area contributed by atoms with Crippen molar-refractivity contribution in [3.8, 4) is 17.3 Å². The van der Waals surface area contributed by atoms with Crippen LogP contribution in [0.1, 0.15) is 104 Å². The van der Waals surface area contributed by atoms with Crippen LogP contribution in [0.4, 0.5) is 34.0 Å². The van der Waals surface area contributed by atoms with Gasteiger partial charge in [0.1, 0.15) is 22.8 Å². The Bertz CT molecular complexity index is 2020. The van der Waals surface area contributed by atoms with E-state index in [1.807, 2.05) is 25.7 Å². The van der Waals surface area contributed by atoms with Crippen molar-refractivity contribution in [1.29, 1.82) is 0 Å². The number of hydrogen-bond donors (Lipinski definition) is 1. The zero-order valence-corrected chi connectivity index (χ0v) is 35.6.